The van der Waals surface area contributed by atoms with Crippen molar-refractivity contribution in [2.24, 2.45) is 5.10 Å². The molecule has 130 valence electrons. The van der Waals surface area contributed by atoms with E-state index < -0.39 is 11.6 Å². The van der Waals surface area contributed by atoms with Crippen molar-refractivity contribution in [2.45, 2.75) is 6.42 Å². The molecular weight excluding hydrogens is 326 g/mol. The minimum Gasteiger partial charge on any atom is -0.378 e. The second kappa shape index (κ2) is 6.76. The average Bonchev–Trinajstić information content (AvgIpc) is 3.12. The van der Waals surface area contributed by atoms with Crippen LogP contribution in [0.2, 0.25) is 0 Å². The number of rotatable bonds is 3. The highest BCUT2D eigenvalue weighted by molar-refractivity contribution is 6.02. The SMILES string of the molecule is Fc1cccc(F)c1N1CCC(c2ccc(N3CCOCC3)nc2)=N1. The number of benzene rings is 1. The summed E-state index contributed by atoms with van der Waals surface area (Å²) in [6, 6.07) is 7.74. The van der Waals surface area contributed by atoms with Gasteiger partial charge in [0.15, 0.2) is 11.6 Å². The summed E-state index contributed by atoms with van der Waals surface area (Å²) < 4.78 is 33.2. The third kappa shape index (κ3) is 3.19. The normalized spacial score (nSPS) is 17.8. The molecule has 0 amide bonds. The highest BCUT2D eigenvalue weighted by Gasteiger charge is 2.23. The minimum absolute atomic E-state index is 0.101. The molecule has 25 heavy (non-hydrogen) atoms. The maximum absolute atomic E-state index is 13.9. The van der Waals surface area contributed by atoms with Crippen LogP contribution in [0.15, 0.2) is 41.6 Å². The zero-order chi connectivity index (χ0) is 17.2. The van der Waals surface area contributed by atoms with Gasteiger partial charge in [0.05, 0.1) is 18.9 Å². The predicted molar refractivity (Wildman–Crippen MR) is 92.1 cm³/mol. The van der Waals surface area contributed by atoms with Crippen molar-refractivity contribution in [3.63, 3.8) is 0 Å². The maximum Gasteiger partial charge on any atom is 0.151 e. The minimum atomic E-state index is -0.606. The lowest BCUT2D eigenvalue weighted by molar-refractivity contribution is 0.122. The summed E-state index contributed by atoms with van der Waals surface area (Å²) in [7, 11) is 0. The van der Waals surface area contributed by atoms with Crippen molar-refractivity contribution in [3.8, 4) is 0 Å². The summed E-state index contributed by atoms with van der Waals surface area (Å²) in [6.45, 7) is 3.51. The molecule has 2 aliphatic heterocycles. The fraction of sp³-hybridized carbons (Fsp3) is 0.333. The van der Waals surface area contributed by atoms with Crippen LogP contribution < -0.4 is 9.91 Å². The van der Waals surface area contributed by atoms with Gasteiger partial charge in [0.2, 0.25) is 0 Å². The number of hydrazone groups is 1. The molecule has 2 aliphatic rings. The lowest BCUT2D eigenvalue weighted by Crippen LogP contribution is -2.36. The Morgan fingerprint density at radius 3 is 2.40 bits per heavy atom. The Kier molecular flexibility index (Phi) is 4.31. The van der Waals surface area contributed by atoms with Gasteiger partial charge in [-0.25, -0.2) is 13.8 Å². The van der Waals surface area contributed by atoms with Crippen LogP contribution in [0, 0.1) is 11.6 Å². The molecule has 2 aromatic rings. The van der Waals surface area contributed by atoms with E-state index in [4.69, 9.17) is 4.74 Å². The zero-order valence-electron chi connectivity index (χ0n) is 13.7. The van der Waals surface area contributed by atoms with Gasteiger partial charge in [-0.1, -0.05) is 6.07 Å². The van der Waals surface area contributed by atoms with Crippen molar-refractivity contribution in [1.82, 2.24) is 4.98 Å². The Labute approximate surface area is 144 Å². The van der Waals surface area contributed by atoms with Crippen LogP contribution in [-0.2, 0) is 4.74 Å². The molecular formula is C18H18F2N4O. The van der Waals surface area contributed by atoms with Gasteiger partial charge in [0.1, 0.15) is 11.5 Å². The van der Waals surface area contributed by atoms with E-state index in [0.29, 0.717) is 26.2 Å². The molecule has 0 atom stereocenters. The molecule has 1 saturated heterocycles. The number of halogens is 2. The van der Waals surface area contributed by atoms with Gasteiger partial charge in [-0.15, -0.1) is 0 Å². The van der Waals surface area contributed by atoms with Gasteiger partial charge in [-0.3, -0.25) is 5.01 Å². The molecule has 0 bridgehead atoms. The summed E-state index contributed by atoms with van der Waals surface area (Å²) in [5, 5.41) is 5.77. The molecule has 0 saturated carbocycles. The van der Waals surface area contributed by atoms with Crippen LogP contribution in [0.3, 0.4) is 0 Å². The number of aromatic nitrogens is 1. The molecule has 5 nitrogen and oxygen atoms in total. The summed E-state index contributed by atoms with van der Waals surface area (Å²) in [5.41, 5.74) is 1.55. The lowest BCUT2D eigenvalue weighted by Gasteiger charge is -2.27. The molecule has 1 aromatic heterocycles. The Morgan fingerprint density at radius 2 is 1.72 bits per heavy atom. The number of para-hydroxylation sites is 1. The number of anilines is 2. The number of hydrogen-bond acceptors (Lipinski definition) is 5. The third-order valence-corrected chi connectivity index (χ3v) is 4.41. The van der Waals surface area contributed by atoms with Gasteiger partial charge in [-0.2, -0.15) is 5.10 Å². The average molecular weight is 344 g/mol. The van der Waals surface area contributed by atoms with Crippen LogP contribution in [0.1, 0.15) is 12.0 Å². The summed E-state index contributed by atoms with van der Waals surface area (Å²) in [5.74, 6) is -0.306. The monoisotopic (exact) mass is 344 g/mol. The smallest absolute Gasteiger partial charge is 0.151 e. The van der Waals surface area contributed by atoms with Crippen LogP contribution >= 0.6 is 0 Å². The molecule has 1 aromatic carbocycles. The molecule has 3 heterocycles. The van der Waals surface area contributed by atoms with Crippen LogP contribution in [-0.4, -0.2) is 43.5 Å². The van der Waals surface area contributed by atoms with Crippen molar-refractivity contribution >= 4 is 17.2 Å². The van der Waals surface area contributed by atoms with Crippen molar-refractivity contribution in [2.75, 3.05) is 42.8 Å². The summed E-state index contributed by atoms with van der Waals surface area (Å²) in [4.78, 5) is 6.67. The molecule has 1 fully saturated rings. The van der Waals surface area contributed by atoms with Crippen molar-refractivity contribution in [3.05, 3.63) is 53.7 Å². The van der Waals surface area contributed by atoms with E-state index >= 15 is 0 Å². The number of pyridine rings is 1. The standard InChI is InChI=1S/C18H18F2N4O/c19-14-2-1-3-15(20)18(14)24-7-6-16(22-24)13-4-5-17(21-12-13)23-8-10-25-11-9-23/h1-5,12H,6-11H2. The molecule has 0 aliphatic carbocycles. The first-order chi connectivity index (χ1) is 12.2. The molecule has 0 spiro atoms. The number of morpholine rings is 1. The Bertz CT molecular complexity index is 768. The quantitative estimate of drug-likeness (QED) is 0.859. The Balaban J connectivity index is 1.54. The van der Waals surface area contributed by atoms with E-state index in [-0.39, 0.29) is 5.69 Å². The van der Waals surface area contributed by atoms with E-state index in [0.717, 1.165) is 30.2 Å². The first-order valence-electron chi connectivity index (χ1n) is 8.30. The molecule has 4 rings (SSSR count). The van der Waals surface area contributed by atoms with Gasteiger partial charge < -0.3 is 9.64 Å². The molecule has 0 radical (unpaired) electrons. The van der Waals surface area contributed by atoms with E-state index in [1.165, 1.54) is 23.2 Å². The summed E-state index contributed by atoms with van der Waals surface area (Å²) in [6.07, 6.45) is 2.39. The largest absolute Gasteiger partial charge is 0.378 e. The number of hydrogen-bond donors (Lipinski definition) is 0. The van der Waals surface area contributed by atoms with Crippen molar-refractivity contribution in [1.29, 1.82) is 0 Å². The van der Waals surface area contributed by atoms with Gasteiger partial charge in [0.25, 0.3) is 0 Å². The number of ether oxygens (including phenoxy) is 1. The second-order valence-corrected chi connectivity index (χ2v) is 5.99. The molecule has 0 N–H and O–H groups in total. The van der Waals surface area contributed by atoms with E-state index in [1.54, 1.807) is 6.20 Å². The van der Waals surface area contributed by atoms with Crippen LogP contribution in [0.5, 0.6) is 0 Å². The Morgan fingerprint density at radius 1 is 0.960 bits per heavy atom. The maximum atomic E-state index is 13.9. The first-order valence-corrected chi connectivity index (χ1v) is 8.30. The summed E-state index contributed by atoms with van der Waals surface area (Å²) >= 11 is 0. The fourth-order valence-electron chi connectivity index (χ4n) is 3.09. The van der Waals surface area contributed by atoms with E-state index in [9.17, 15) is 8.78 Å². The van der Waals surface area contributed by atoms with Crippen molar-refractivity contribution < 1.29 is 13.5 Å². The molecule has 0 unspecified atom stereocenters. The lowest BCUT2D eigenvalue weighted by atomic mass is 10.1. The highest BCUT2D eigenvalue weighted by Crippen LogP contribution is 2.27. The third-order valence-electron chi connectivity index (χ3n) is 4.41. The molecule has 7 heteroatoms. The zero-order valence-corrected chi connectivity index (χ0v) is 13.7. The van der Waals surface area contributed by atoms with Gasteiger partial charge in [-0.05, 0) is 24.3 Å². The van der Waals surface area contributed by atoms with E-state index in [2.05, 4.69) is 15.0 Å². The second-order valence-electron chi connectivity index (χ2n) is 5.99. The topological polar surface area (TPSA) is 41.0 Å². The number of nitrogens with zero attached hydrogens (tertiary/aromatic N) is 4. The van der Waals surface area contributed by atoms with E-state index in [1.807, 2.05) is 12.1 Å². The van der Waals surface area contributed by atoms with Gasteiger partial charge in [0, 0.05) is 37.8 Å². The highest BCUT2D eigenvalue weighted by atomic mass is 19.1. The first kappa shape index (κ1) is 16.0. The predicted octanol–water partition coefficient (Wildman–Crippen LogP) is 2.81. The van der Waals surface area contributed by atoms with Crippen LogP contribution in [0.25, 0.3) is 0 Å². The Hall–Kier alpha value is -2.54. The van der Waals surface area contributed by atoms with Crippen LogP contribution in [0.4, 0.5) is 20.3 Å². The van der Waals surface area contributed by atoms with Gasteiger partial charge >= 0.3 is 0 Å². The fourth-order valence-corrected chi connectivity index (χ4v) is 3.09.